The molecular formula is C17H25N3OS. The Kier molecular flexibility index (Phi) is 5.26. The maximum absolute atomic E-state index is 12.7. The number of amides is 1. The fourth-order valence-corrected chi connectivity index (χ4v) is 4.43. The number of benzene rings is 1. The van der Waals surface area contributed by atoms with Crippen molar-refractivity contribution in [3.8, 4) is 0 Å². The van der Waals surface area contributed by atoms with Crippen molar-refractivity contribution in [2.24, 2.45) is 11.8 Å². The first kappa shape index (κ1) is 15.7. The van der Waals surface area contributed by atoms with Gasteiger partial charge in [-0.3, -0.25) is 4.79 Å². The lowest BCUT2D eigenvalue weighted by atomic mass is 9.81. The summed E-state index contributed by atoms with van der Waals surface area (Å²) < 4.78 is 0. The summed E-state index contributed by atoms with van der Waals surface area (Å²) in [4.78, 5) is 14.8. The summed E-state index contributed by atoms with van der Waals surface area (Å²) in [6, 6.07) is 8.07. The van der Waals surface area contributed by atoms with Crippen LogP contribution in [0.5, 0.6) is 0 Å². The van der Waals surface area contributed by atoms with Crippen LogP contribution < -0.4 is 11.1 Å². The molecule has 22 heavy (non-hydrogen) atoms. The van der Waals surface area contributed by atoms with Gasteiger partial charge in [-0.1, -0.05) is 18.2 Å². The van der Waals surface area contributed by atoms with Crippen molar-refractivity contribution in [3.05, 3.63) is 29.8 Å². The molecule has 3 N–H and O–H groups in total. The quantitative estimate of drug-likeness (QED) is 0.833. The number of nitrogen functional groups attached to an aromatic ring is 1. The van der Waals surface area contributed by atoms with Gasteiger partial charge in [-0.2, -0.15) is 0 Å². The summed E-state index contributed by atoms with van der Waals surface area (Å²) in [5.41, 5.74) is 8.12. The lowest BCUT2D eigenvalue weighted by Gasteiger charge is -2.33. The molecule has 3 rings (SSSR count). The van der Waals surface area contributed by atoms with Crippen molar-refractivity contribution in [2.75, 3.05) is 37.0 Å². The Labute approximate surface area is 136 Å². The molecule has 0 aliphatic carbocycles. The third-order valence-electron chi connectivity index (χ3n) is 4.85. The summed E-state index contributed by atoms with van der Waals surface area (Å²) in [6.07, 6.45) is 3.10. The summed E-state index contributed by atoms with van der Waals surface area (Å²) in [6.45, 7) is 2.76. The third-order valence-corrected chi connectivity index (χ3v) is 5.81. The highest BCUT2D eigenvalue weighted by molar-refractivity contribution is 7.99. The lowest BCUT2D eigenvalue weighted by molar-refractivity contribution is -0.136. The van der Waals surface area contributed by atoms with E-state index in [1.54, 1.807) is 0 Å². The number of carbonyl (C=O) groups excluding carboxylic acids is 1. The number of rotatable bonds is 4. The molecule has 1 amide bonds. The third kappa shape index (κ3) is 3.58. The second-order valence-corrected chi connectivity index (χ2v) is 7.31. The molecule has 0 spiro atoms. The van der Waals surface area contributed by atoms with Crippen LogP contribution in [0.15, 0.2) is 24.3 Å². The van der Waals surface area contributed by atoms with Crippen LogP contribution in [0.3, 0.4) is 0 Å². The Hall–Kier alpha value is -1.20. The van der Waals surface area contributed by atoms with Crippen LogP contribution in [0.2, 0.25) is 0 Å². The van der Waals surface area contributed by atoms with Crippen molar-refractivity contribution in [1.82, 2.24) is 10.2 Å². The summed E-state index contributed by atoms with van der Waals surface area (Å²) in [5.74, 6) is 2.91. The Morgan fingerprint density at radius 1 is 1.41 bits per heavy atom. The molecule has 0 saturated carbocycles. The standard InChI is InChI=1S/C17H25N3OS/c18-16-4-2-1-3-14(16)6-5-13-7-8-19-11-15(13)17(21)20-9-10-22-12-20/h1-4,13,15,19H,5-12,18H2/t13-,15-/m1/s1. The monoisotopic (exact) mass is 319 g/mol. The number of hydrogen-bond acceptors (Lipinski definition) is 4. The van der Waals surface area contributed by atoms with E-state index in [9.17, 15) is 4.79 Å². The minimum absolute atomic E-state index is 0.136. The molecule has 0 bridgehead atoms. The molecule has 2 heterocycles. The number of piperidine rings is 1. The van der Waals surface area contributed by atoms with E-state index in [-0.39, 0.29) is 5.92 Å². The topological polar surface area (TPSA) is 58.4 Å². The molecule has 2 aliphatic heterocycles. The largest absolute Gasteiger partial charge is 0.399 e. The van der Waals surface area contributed by atoms with E-state index >= 15 is 0 Å². The van der Waals surface area contributed by atoms with Gasteiger partial charge in [0.25, 0.3) is 0 Å². The van der Waals surface area contributed by atoms with Gasteiger partial charge in [0.1, 0.15) is 0 Å². The Bertz CT molecular complexity index is 516. The Morgan fingerprint density at radius 3 is 3.05 bits per heavy atom. The molecule has 5 heteroatoms. The van der Waals surface area contributed by atoms with Crippen molar-refractivity contribution >= 4 is 23.4 Å². The van der Waals surface area contributed by atoms with Gasteiger partial charge in [-0.05, 0) is 43.4 Å². The zero-order valence-corrected chi connectivity index (χ0v) is 13.8. The van der Waals surface area contributed by atoms with Crippen LogP contribution >= 0.6 is 11.8 Å². The highest BCUT2D eigenvalue weighted by Crippen LogP contribution is 2.29. The second-order valence-electron chi connectivity index (χ2n) is 6.24. The van der Waals surface area contributed by atoms with Crippen molar-refractivity contribution in [3.63, 3.8) is 0 Å². The van der Waals surface area contributed by atoms with Gasteiger partial charge >= 0.3 is 0 Å². The van der Waals surface area contributed by atoms with E-state index in [0.717, 1.165) is 56.2 Å². The van der Waals surface area contributed by atoms with Crippen molar-refractivity contribution in [2.45, 2.75) is 19.3 Å². The van der Waals surface area contributed by atoms with Gasteiger partial charge < -0.3 is 16.0 Å². The number of carbonyl (C=O) groups is 1. The molecule has 1 aromatic carbocycles. The van der Waals surface area contributed by atoms with Gasteiger partial charge in [0, 0.05) is 24.5 Å². The van der Waals surface area contributed by atoms with Crippen molar-refractivity contribution in [1.29, 1.82) is 0 Å². The van der Waals surface area contributed by atoms with Crippen LogP contribution in [0.25, 0.3) is 0 Å². The second kappa shape index (κ2) is 7.38. The van der Waals surface area contributed by atoms with Crippen molar-refractivity contribution < 1.29 is 4.79 Å². The summed E-state index contributed by atoms with van der Waals surface area (Å²) in [7, 11) is 0. The number of anilines is 1. The van der Waals surface area contributed by atoms with E-state index < -0.39 is 0 Å². The first-order valence-corrected chi connectivity index (χ1v) is 9.32. The fraction of sp³-hybridized carbons (Fsp3) is 0.588. The van der Waals surface area contributed by atoms with E-state index in [0.29, 0.717) is 11.8 Å². The van der Waals surface area contributed by atoms with Gasteiger partial charge in [-0.15, -0.1) is 11.8 Å². The first-order chi connectivity index (χ1) is 10.8. The van der Waals surface area contributed by atoms with Crippen LogP contribution in [0.1, 0.15) is 18.4 Å². The van der Waals surface area contributed by atoms with E-state index in [2.05, 4.69) is 11.4 Å². The predicted octanol–water partition coefficient (Wildman–Crippen LogP) is 1.96. The Balaban J connectivity index is 1.62. The molecule has 2 atom stereocenters. The summed E-state index contributed by atoms with van der Waals surface area (Å²) >= 11 is 1.86. The van der Waals surface area contributed by atoms with Gasteiger partial charge in [0.05, 0.1) is 11.8 Å². The fourth-order valence-electron chi connectivity index (χ4n) is 3.47. The average molecular weight is 319 g/mol. The number of nitrogens with two attached hydrogens (primary N) is 1. The number of hydrogen-bond donors (Lipinski definition) is 2. The molecule has 0 aromatic heterocycles. The molecule has 2 fully saturated rings. The number of aryl methyl sites for hydroxylation is 1. The normalized spacial score (nSPS) is 25.4. The van der Waals surface area contributed by atoms with Crippen LogP contribution in [-0.2, 0) is 11.2 Å². The minimum Gasteiger partial charge on any atom is -0.399 e. The molecular weight excluding hydrogens is 294 g/mol. The maximum atomic E-state index is 12.7. The predicted molar refractivity (Wildman–Crippen MR) is 92.7 cm³/mol. The molecule has 120 valence electrons. The summed E-state index contributed by atoms with van der Waals surface area (Å²) in [5, 5.41) is 3.40. The highest BCUT2D eigenvalue weighted by Gasteiger charge is 2.34. The molecule has 0 radical (unpaired) electrons. The zero-order valence-electron chi connectivity index (χ0n) is 13.0. The molecule has 2 aliphatic rings. The molecule has 2 saturated heterocycles. The van der Waals surface area contributed by atoms with Crippen LogP contribution in [0.4, 0.5) is 5.69 Å². The Morgan fingerprint density at radius 2 is 2.27 bits per heavy atom. The van der Waals surface area contributed by atoms with E-state index in [1.165, 1.54) is 5.56 Å². The first-order valence-electron chi connectivity index (χ1n) is 8.16. The number of para-hydroxylation sites is 1. The highest BCUT2D eigenvalue weighted by atomic mass is 32.2. The number of thioether (sulfide) groups is 1. The average Bonchev–Trinajstić information content (AvgIpc) is 3.08. The lowest BCUT2D eigenvalue weighted by Crippen LogP contribution is -2.46. The number of nitrogens with one attached hydrogen (secondary N) is 1. The van der Waals surface area contributed by atoms with Crippen LogP contribution in [-0.4, -0.2) is 42.1 Å². The molecule has 0 unspecified atom stereocenters. The minimum atomic E-state index is 0.136. The van der Waals surface area contributed by atoms with E-state index in [4.69, 9.17) is 5.73 Å². The van der Waals surface area contributed by atoms with Gasteiger partial charge in [0.15, 0.2) is 0 Å². The van der Waals surface area contributed by atoms with Crippen LogP contribution in [0, 0.1) is 11.8 Å². The zero-order chi connectivity index (χ0) is 15.4. The maximum Gasteiger partial charge on any atom is 0.227 e. The van der Waals surface area contributed by atoms with E-state index in [1.807, 2.05) is 34.9 Å². The van der Waals surface area contributed by atoms with Gasteiger partial charge in [0.2, 0.25) is 5.91 Å². The number of nitrogens with zero attached hydrogens (tertiary/aromatic N) is 1. The molecule has 1 aromatic rings. The smallest absolute Gasteiger partial charge is 0.227 e. The van der Waals surface area contributed by atoms with Gasteiger partial charge in [-0.25, -0.2) is 0 Å². The molecule has 4 nitrogen and oxygen atoms in total. The SMILES string of the molecule is Nc1ccccc1CC[C@@H]1CCNC[C@H]1C(=O)N1CCSC1.